The van der Waals surface area contributed by atoms with Crippen LogP contribution in [-0.4, -0.2) is 34.9 Å². The van der Waals surface area contributed by atoms with Gasteiger partial charge in [0, 0.05) is 17.3 Å². The van der Waals surface area contributed by atoms with Gasteiger partial charge in [-0.05, 0) is 54.1 Å². The Bertz CT molecular complexity index is 996. The summed E-state index contributed by atoms with van der Waals surface area (Å²) in [4.78, 5) is 23.5. The predicted octanol–water partition coefficient (Wildman–Crippen LogP) is 4.26. The lowest BCUT2D eigenvalue weighted by Crippen LogP contribution is -2.14. The molecule has 0 fully saturated rings. The Hall–Kier alpha value is -3.10. The van der Waals surface area contributed by atoms with Gasteiger partial charge in [-0.1, -0.05) is 35.5 Å². The maximum Gasteiger partial charge on any atom is 0.337 e. The minimum atomic E-state index is -0.423. The molecule has 1 aromatic heterocycles. The highest BCUT2D eigenvalue weighted by Gasteiger charge is 2.08. The largest absolute Gasteiger partial charge is 0.465 e. The lowest BCUT2D eigenvalue weighted by atomic mass is 10.2. The van der Waals surface area contributed by atoms with E-state index in [9.17, 15) is 9.59 Å². The summed E-state index contributed by atoms with van der Waals surface area (Å²) in [5.41, 5.74) is 2.10. The summed E-state index contributed by atoms with van der Waals surface area (Å²) in [5.74, 6) is 0.223. The molecule has 154 valence electrons. The Morgan fingerprint density at radius 1 is 1.00 bits per heavy atom. The fourth-order valence-electron chi connectivity index (χ4n) is 2.43. The summed E-state index contributed by atoms with van der Waals surface area (Å²) < 4.78 is 4.64. The van der Waals surface area contributed by atoms with Gasteiger partial charge in [0.25, 0.3) is 0 Å². The molecule has 0 saturated carbocycles. The minimum absolute atomic E-state index is 0.183. The Balaban J connectivity index is 1.44. The van der Waals surface area contributed by atoms with E-state index in [1.165, 1.54) is 18.9 Å². The van der Waals surface area contributed by atoms with E-state index in [0.29, 0.717) is 33.7 Å². The van der Waals surface area contributed by atoms with E-state index in [-0.39, 0.29) is 11.7 Å². The van der Waals surface area contributed by atoms with Crippen molar-refractivity contribution in [1.29, 1.82) is 0 Å². The fraction of sp³-hybridized carbons (Fsp3) is 0.143. The molecule has 3 aromatic rings. The van der Waals surface area contributed by atoms with Crippen molar-refractivity contribution in [2.24, 2.45) is 0 Å². The topological polar surface area (TPSA) is 93.2 Å². The van der Waals surface area contributed by atoms with Crippen LogP contribution in [0.5, 0.6) is 0 Å². The number of benzene rings is 2. The van der Waals surface area contributed by atoms with Gasteiger partial charge in [-0.25, -0.2) is 4.79 Å². The Morgan fingerprint density at radius 3 is 2.37 bits per heavy atom. The van der Waals surface area contributed by atoms with Crippen LogP contribution in [-0.2, 0) is 16.1 Å². The average molecular weight is 443 g/mol. The monoisotopic (exact) mass is 442 g/mol. The van der Waals surface area contributed by atoms with Gasteiger partial charge in [0.05, 0.1) is 18.4 Å². The van der Waals surface area contributed by atoms with Gasteiger partial charge >= 0.3 is 5.97 Å². The number of carbonyl (C=O) groups excluding carboxylic acids is 2. The second kappa shape index (κ2) is 10.6. The van der Waals surface area contributed by atoms with Gasteiger partial charge in [-0.2, -0.15) is 0 Å². The van der Waals surface area contributed by atoms with Gasteiger partial charge in [-0.3, -0.25) is 4.79 Å². The SMILES string of the molecule is COC(=O)c1ccc(NC(=O)CSc2ccc(NCc3ccc(Cl)cc3)nn2)cc1. The molecule has 0 bridgehead atoms. The third-order valence-corrected chi connectivity index (χ3v) is 5.14. The van der Waals surface area contributed by atoms with Crippen LogP contribution in [0.1, 0.15) is 15.9 Å². The van der Waals surface area contributed by atoms with Crippen molar-refractivity contribution in [3.63, 3.8) is 0 Å². The van der Waals surface area contributed by atoms with Crippen molar-refractivity contribution in [3.8, 4) is 0 Å². The number of anilines is 2. The second-order valence-electron chi connectivity index (χ2n) is 6.14. The molecular weight excluding hydrogens is 424 g/mol. The summed E-state index contributed by atoms with van der Waals surface area (Å²) >= 11 is 7.16. The van der Waals surface area contributed by atoms with Crippen LogP contribution in [0.2, 0.25) is 5.02 Å². The number of esters is 1. The number of halogens is 1. The number of hydrogen-bond acceptors (Lipinski definition) is 7. The highest BCUT2D eigenvalue weighted by molar-refractivity contribution is 7.99. The molecule has 9 heteroatoms. The van der Waals surface area contributed by atoms with Crippen LogP contribution in [0.3, 0.4) is 0 Å². The number of rotatable bonds is 8. The molecule has 2 N–H and O–H groups in total. The Morgan fingerprint density at radius 2 is 1.73 bits per heavy atom. The molecule has 0 unspecified atom stereocenters. The number of ether oxygens (including phenoxy) is 1. The number of nitrogens with zero attached hydrogens (tertiary/aromatic N) is 2. The Labute approximate surface area is 183 Å². The van der Waals surface area contributed by atoms with E-state index in [4.69, 9.17) is 11.6 Å². The molecule has 0 aliphatic carbocycles. The number of amides is 1. The molecule has 0 aliphatic heterocycles. The van der Waals surface area contributed by atoms with Crippen LogP contribution in [0, 0.1) is 0 Å². The zero-order valence-corrected chi connectivity index (χ0v) is 17.7. The standard InChI is InChI=1S/C21H19ClN4O3S/c1-29-21(28)15-4-8-17(9-5-15)24-19(27)13-30-20-11-10-18(25-26-20)23-12-14-2-6-16(22)7-3-14/h2-11H,12-13H2,1H3,(H,23,25)(H,24,27). The molecular formula is C21H19ClN4O3S. The summed E-state index contributed by atoms with van der Waals surface area (Å²) in [7, 11) is 1.32. The third-order valence-electron chi connectivity index (χ3n) is 3.97. The lowest BCUT2D eigenvalue weighted by molar-refractivity contribution is -0.113. The molecule has 7 nitrogen and oxygen atoms in total. The number of thioether (sulfide) groups is 1. The molecule has 0 spiro atoms. The van der Waals surface area contributed by atoms with Crippen LogP contribution in [0.25, 0.3) is 0 Å². The van der Waals surface area contributed by atoms with Gasteiger partial charge in [0.1, 0.15) is 10.8 Å². The smallest absolute Gasteiger partial charge is 0.337 e. The van der Waals surface area contributed by atoms with E-state index >= 15 is 0 Å². The quantitative estimate of drug-likeness (QED) is 0.397. The van der Waals surface area contributed by atoms with Crippen LogP contribution in [0.4, 0.5) is 11.5 Å². The minimum Gasteiger partial charge on any atom is -0.465 e. The molecule has 0 saturated heterocycles. The maximum absolute atomic E-state index is 12.1. The van der Waals surface area contributed by atoms with E-state index in [0.717, 1.165) is 5.56 Å². The van der Waals surface area contributed by atoms with Crippen molar-refractivity contribution in [3.05, 3.63) is 76.8 Å². The first-order valence-electron chi connectivity index (χ1n) is 8.96. The van der Waals surface area contributed by atoms with E-state index in [2.05, 4.69) is 25.6 Å². The highest BCUT2D eigenvalue weighted by atomic mass is 35.5. The number of carbonyl (C=O) groups is 2. The first-order valence-corrected chi connectivity index (χ1v) is 10.3. The molecule has 2 aromatic carbocycles. The molecule has 1 amide bonds. The summed E-state index contributed by atoms with van der Waals surface area (Å²) in [6.07, 6.45) is 0. The van der Waals surface area contributed by atoms with Gasteiger partial charge < -0.3 is 15.4 Å². The average Bonchev–Trinajstić information content (AvgIpc) is 2.78. The van der Waals surface area contributed by atoms with Crippen molar-refractivity contribution in [2.75, 3.05) is 23.5 Å². The molecule has 1 heterocycles. The highest BCUT2D eigenvalue weighted by Crippen LogP contribution is 2.17. The van der Waals surface area contributed by atoms with E-state index < -0.39 is 5.97 Å². The van der Waals surface area contributed by atoms with Crippen LogP contribution < -0.4 is 10.6 Å². The second-order valence-corrected chi connectivity index (χ2v) is 7.57. The van der Waals surface area contributed by atoms with Gasteiger partial charge in [-0.15, -0.1) is 10.2 Å². The lowest BCUT2D eigenvalue weighted by Gasteiger charge is -2.07. The normalized spacial score (nSPS) is 10.3. The number of methoxy groups -OCH3 is 1. The number of aromatic nitrogens is 2. The van der Waals surface area contributed by atoms with E-state index in [1.54, 1.807) is 30.3 Å². The number of nitrogens with one attached hydrogen (secondary N) is 2. The predicted molar refractivity (Wildman–Crippen MR) is 118 cm³/mol. The van der Waals surface area contributed by atoms with Gasteiger partial charge in [0.15, 0.2) is 0 Å². The van der Waals surface area contributed by atoms with Crippen LogP contribution in [0.15, 0.2) is 65.7 Å². The molecule has 0 atom stereocenters. The zero-order valence-electron chi connectivity index (χ0n) is 16.1. The zero-order chi connectivity index (χ0) is 21.3. The van der Waals surface area contributed by atoms with Crippen molar-refractivity contribution in [2.45, 2.75) is 11.6 Å². The molecule has 0 radical (unpaired) electrons. The fourth-order valence-corrected chi connectivity index (χ4v) is 3.17. The van der Waals surface area contributed by atoms with Crippen LogP contribution >= 0.6 is 23.4 Å². The molecule has 3 rings (SSSR count). The van der Waals surface area contributed by atoms with Crippen molar-refractivity contribution < 1.29 is 14.3 Å². The summed E-state index contributed by atoms with van der Waals surface area (Å²) in [5, 5.41) is 15.5. The first-order chi connectivity index (χ1) is 14.5. The van der Waals surface area contributed by atoms with Gasteiger partial charge in [0.2, 0.25) is 5.91 Å². The maximum atomic E-state index is 12.1. The van der Waals surface area contributed by atoms with Crippen molar-refractivity contribution in [1.82, 2.24) is 10.2 Å². The summed E-state index contributed by atoms with van der Waals surface area (Å²) in [6.45, 7) is 0.607. The molecule has 30 heavy (non-hydrogen) atoms. The summed E-state index contributed by atoms with van der Waals surface area (Å²) in [6, 6.07) is 17.7. The third kappa shape index (κ3) is 6.47. The Kier molecular flexibility index (Phi) is 7.64. The first kappa shape index (κ1) is 21.6. The molecule has 0 aliphatic rings. The number of hydrogen-bond donors (Lipinski definition) is 2. The van der Waals surface area contributed by atoms with E-state index in [1.807, 2.05) is 30.3 Å². The van der Waals surface area contributed by atoms with Crippen molar-refractivity contribution >= 4 is 46.7 Å².